The molecule has 2 N–H and O–H groups in total. The SMILES string of the molecule is CC(C)CC(NC(=O)OCc1ccc(Oc2cccnc2)cc1)C(=O)NCC#N. The van der Waals surface area contributed by atoms with Gasteiger partial charge in [0.15, 0.2) is 0 Å². The molecule has 0 saturated carbocycles. The number of carbonyl (C=O) groups is 2. The number of aromatic nitrogens is 1. The Morgan fingerprint density at radius 1 is 1.17 bits per heavy atom. The molecular formula is C21H24N4O4. The van der Waals surface area contributed by atoms with E-state index in [1.165, 1.54) is 0 Å². The molecular weight excluding hydrogens is 372 g/mol. The normalized spacial score (nSPS) is 11.2. The summed E-state index contributed by atoms with van der Waals surface area (Å²) in [6, 6.07) is 11.8. The van der Waals surface area contributed by atoms with E-state index in [2.05, 4.69) is 15.6 Å². The van der Waals surface area contributed by atoms with Crippen molar-refractivity contribution in [3.63, 3.8) is 0 Å². The van der Waals surface area contributed by atoms with Crippen molar-refractivity contribution >= 4 is 12.0 Å². The van der Waals surface area contributed by atoms with Crippen LogP contribution in [-0.4, -0.2) is 29.6 Å². The molecule has 1 atom stereocenters. The summed E-state index contributed by atoms with van der Waals surface area (Å²) in [7, 11) is 0. The first-order valence-corrected chi connectivity index (χ1v) is 9.22. The summed E-state index contributed by atoms with van der Waals surface area (Å²) in [6.07, 6.45) is 3.02. The number of benzene rings is 1. The van der Waals surface area contributed by atoms with Crippen LogP contribution in [0.1, 0.15) is 25.8 Å². The molecule has 29 heavy (non-hydrogen) atoms. The highest BCUT2D eigenvalue weighted by atomic mass is 16.5. The Kier molecular flexibility index (Phi) is 8.45. The van der Waals surface area contributed by atoms with Gasteiger partial charge in [0.1, 0.15) is 30.7 Å². The highest BCUT2D eigenvalue weighted by Gasteiger charge is 2.22. The van der Waals surface area contributed by atoms with Crippen LogP contribution in [0.15, 0.2) is 48.8 Å². The third kappa shape index (κ3) is 7.89. The number of amides is 2. The lowest BCUT2D eigenvalue weighted by Crippen LogP contribution is -2.47. The molecule has 2 aromatic rings. The van der Waals surface area contributed by atoms with Gasteiger partial charge >= 0.3 is 6.09 Å². The lowest BCUT2D eigenvalue weighted by atomic mass is 10.0. The molecule has 0 bridgehead atoms. The van der Waals surface area contributed by atoms with Gasteiger partial charge in [0.05, 0.1) is 12.3 Å². The van der Waals surface area contributed by atoms with Crippen LogP contribution in [0.25, 0.3) is 0 Å². The van der Waals surface area contributed by atoms with Gasteiger partial charge in [-0.1, -0.05) is 26.0 Å². The van der Waals surface area contributed by atoms with E-state index in [1.807, 2.05) is 19.9 Å². The van der Waals surface area contributed by atoms with E-state index in [-0.39, 0.29) is 19.1 Å². The van der Waals surface area contributed by atoms with E-state index in [1.54, 1.807) is 48.8 Å². The van der Waals surface area contributed by atoms with Crippen molar-refractivity contribution in [1.82, 2.24) is 15.6 Å². The average molecular weight is 396 g/mol. The average Bonchev–Trinajstić information content (AvgIpc) is 2.71. The summed E-state index contributed by atoms with van der Waals surface area (Å²) in [5.41, 5.74) is 0.771. The molecule has 0 saturated heterocycles. The number of pyridine rings is 1. The van der Waals surface area contributed by atoms with Crippen molar-refractivity contribution < 1.29 is 19.1 Å². The quantitative estimate of drug-likeness (QED) is 0.630. The number of hydrogen-bond donors (Lipinski definition) is 2. The molecule has 0 fully saturated rings. The summed E-state index contributed by atoms with van der Waals surface area (Å²) < 4.78 is 10.9. The number of nitrogens with one attached hydrogen (secondary N) is 2. The largest absolute Gasteiger partial charge is 0.456 e. The zero-order valence-corrected chi connectivity index (χ0v) is 16.4. The van der Waals surface area contributed by atoms with Crippen molar-refractivity contribution in [1.29, 1.82) is 5.26 Å². The Morgan fingerprint density at radius 2 is 1.93 bits per heavy atom. The molecule has 0 aliphatic rings. The van der Waals surface area contributed by atoms with Gasteiger partial charge in [0.25, 0.3) is 0 Å². The Hall–Kier alpha value is -3.60. The van der Waals surface area contributed by atoms with Crippen molar-refractivity contribution in [2.75, 3.05) is 6.54 Å². The molecule has 1 unspecified atom stereocenters. The van der Waals surface area contributed by atoms with E-state index in [0.717, 1.165) is 5.56 Å². The predicted octanol–water partition coefficient (Wildman–Crippen LogP) is 3.15. The van der Waals surface area contributed by atoms with Crippen molar-refractivity contribution in [3.8, 4) is 17.6 Å². The summed E-state index contributed by atoms with van der Waals surface area (Å²) >= 11 is 0. The van der Waals surface area contributed by atoms with E-state index in [0.29, 0.717) is 17.9 Å². The molecule has 0 radical (unpaired) electrons. The molecule has 2 amide bonds. The Labute approximate surface area is 169 Å². The fourth-order valence-electron chi connectivity index (χ4n) is 2.48. The van der Waals surface area contributed by atoms with Gasteiger partial charge in [-0.3, -0.25) is 9.78 Å². The molecule has 2 rings (SSSR count). The van der Waals surface area contributed by atoms with Crippen LogP contribution in [0.3, 0.4) is 0 Å². The Bertz CT molecular complexity index is 832. The maximum atomic E-state index is 12.1. The van der Waals surface area contributed by atoms with Crippen LogP contribution in [0, 0.1) is 17.2 Å². The fourth-order valence-corrected chi connectivity index (χ4v) is 2.48. The summed E-state index contributed by atoms with van der Waals surface area (Å²) in [6.45, 7) is 3.81. The van der Waals surface area contributed by atoms with Crippen LogP contribution in [0.4, 0.5) is 4.79 Å². The van der Waals surface area contributed by atoms with Crippen LogP contribution < -0.4 is 15.4 Å². The zero-order chi connectivity index (χ0) is 21.1. The zero-order valence-electron chi connectivity index (χ0n) is 16.4. The molecule has 0 aliphatic carbocycles. The highest BCUT2D eigenvalue weighted by Crippen LogP contribution is 2.20. The number of rotatable bonds is 9. The number of nitriles is 1. The third-order valence-corrected chi connectivity index (χ3v) is 3.82. The number of nitrogens with zero attached hydrogens (tertiary/aromatic N) is 2. The minimum atomic E-state index is -0.758. The highest BCUT2D eigenvalue weighted by molar-refractivity contribution is 5.85. The van der Waals surface area contributed by atoms with Gasteiger partial charge in [0.2, 0.25) is 5.91 Å². The Morgan fingerprint density at radius 3 is 2.55 bits per heavy atom. The summed E-state index contributed by atoms with van der Waals surface area (Å²) in [5.74, 6) is 1.04. The molecule has 1 heterocycles. The molecule has 1 aromatic heterocycles. The van der Waals surface area contributed by atoms with E-state index < -0.39 is 18.0 Å². The standard InChI is InChI=1S/C21H24N4O4/c1-15(2)12-19(20(26)24-11-9-22)25-21(27)28-14-16-5-7-17(8-6-16)29-18-4-3-10-23-13-18/h3-8,10,13,15,19H,11-12,14H2,1-2H3,(H,24,26)(H,25,27). The lowest BCUT2D eigenvalue weighted by Gasteiger charge is -2.19. The number of ether oxygens (including phenoxy) is 2. The van der Waals surface area contributed by atoms with Crippen LogP contribution >= 0.6 is 0 Å². The number of hydrogen-bond acceptors (Lipinski definition) is 6. The molecule has 8 heteroatoms. The third-order valence-electron chi connectivity index (χ3n) is 3.82. The van der Waals surface area contributed by atoms with Gasteiger partial charge in [-0.15, -0.1) is 0 Å². The number of carbonyl (C=O) groups excluding carboxylic acids is 2. The van der Waals surface area contributed by atoms with Gasteiger partial charge in [0, 0.05) is 6.20 Å². The predicted molar refractivity (Wildman–Crippen MR) is 106 cm³/mol. The first-order valence-electron chi connectivity index (χ1n) is 9.22. The molecule has 8 nitrogen and oxygen atoms in total. The van der Waals surface area contributed by atoms with E-state index in [4.69, 9.17) is 14.7 Å². The summed E-state index contributed by atoms with van der Waals surface area (Å²) in [4.78, 5) is 28.2. The topological polar surface area (TPSA) is 113 Å². The molecule has 0 spiro atoms. The van der Waals surface area contributed by atoms with E-state index in [9.17, 15) is 9.59 Å². The maximum Gasteiger partial charge on any atom is 0.408 e. The lowest BCUT2D eigenvalue weighted by molar-refractivity contribution is -0.123. The summed E-state index contributed by atoms with van der Waals surface area (Å²) in [5, 5.41) is 13.6. The van der Waals surface area contributed by atoms with Crippen LogP contribution in [-0.2, 0) is 16.1 Å². The second kappa shape index (κ2) is 11.3. The van der Waals surface area contributed by atoms with Crippen LogP contribution in [0.5, 0.6) is 11.5 Å². The maximum absolute atomic E-state index is 12.1. The van der Waals surface area contributed by atoms with Gasteiger partial charge in [-0.25, -0.2) is 4.79 Å². The second-order valence-electron chi connectivity index (χ2n) is 6.71. The Balaban J connectivity index is 1.85. The monoisotopic (exact) mass is 396 g/mol. The van der Waals surface area contributed by atoms with Crippen molar-refractivity contribution in [3.05, 3.63) is 54.4 Å². The minimum absolute atomic E-state index is 0.0488. The van der Waals surface area contributed by atoms with Gasteiger partial charge in [-0.2, -0.15) is 5.26 Å². The minimum Gasteiger partial charge on any atom is -0.456 e. The molecule has 1 aromatic carbocycles. The van der Waals surface area contributed by atoms with Crippen LogP contribution in [0.2, 0.25) is 0 Å². The number of alkyl carbamates (subject to hydrolysis) is 1. The molecule has 0 aliphatic heterocycles. The smallest absolute Gasteiger partial charge is 0.408 e. The van der Waals surface area contributed by atoms with Crippen molar-refractivity contribution in [2.45, 2.75) is 32.9 Å². The molecule has 152 valence electrons. The van der Waals surface area contributed by atoms with Crippen molar-refractivity contribution in [2.24, 2.45) is 5.92 Å². The first-order chi connectivity index (χ1) is 14.0. The van der Waals surface area contributed by atoms with Gasteiger partial charge < -0.3 is 20.1 Å². The fraction of sp³-hybridized carbons (Fsp3) is 0.333. The second-order valence-corrected chi connectivity index (χ2v) is 6.71. The first kappa shape index (κ1) is 21.7. The van der Waals surface area contributed by atoms with E-state index >= 15 is 0 Å². The van der Waals surface area contributed by atoms with Gasteiger partial charge in [-0.05, 0) is 42.2 Å².